The molecule has 2 rings (SSSR count). The smallest absolute Gasteiger partial charge is 0.322 e. The molecule has 7 nitrogen and oxygen atoms in total. The van der Waals surface area contributed by atoms with Crippen molar-refractivity contribution in [2.45, 2.75) is 12.5 Å². The Balaban J connectivity index is 1.78. The molecule has 0 bridgehead atoms. The maximum Gasteiger partial charge on any atom is 0.322 e. The Labute approximate surface area is 103 Å². The van der Waals surface area contributed by atoms with Crippen LogP contribution in [-0.4, -0.2) is 35.4 Å². The molecule has 1 unspecified atom stereocenters. The number of hydrogen-bond acceptors (Lipinski definition) is 4. The van der Waals surface area contributed by atoms with Crippen molar-refractivity contribution in [1.82, 2.24) is 20.9 Å². The van der Waals surface area contributed by atoms with Gasteiger partial charge < -0.3 is 10.6 Å². The zero-order valence-corrected chi connectivity index (χ0v) is 9.47. The molecular weight excluding hydrogens is 236 g/mol. The summed E-state index contributed by atoms with van der Waals surface area (Å²) in [5.41, 5.74) is 0.505. The van der Waals surface area contributed by atoms with Gasteiger partial charge >= 0.3 is 6.03 Å². The van der Waals surface area contributed by atoms with Gasteiger partial charge in [-0.15, -0.1) is 0 Å². The zero-order chi connectivity index (χ0) is 13.0. The van der Waals surface area contributed by atoms with Crippen molar-refractivity contribution in [3.63, 3.8) is 0 Å². The van der Waals surface area contributed by atoms with Crippen molar-refractivity contribution in [3.05, 3.63) is 30.1 Å². The summed E-state index contributed by atoms with van der Waals surface area (Å²) in [6.07, 6.45) is 3.41. The summed E-state index contributed by atoms with van der Waals surface area (Å²) < 4.78 is 0. The van der Waals surface area contributed by atoms with Gasteiger partial charge in [-0.1, -0.05) is 0 Å². The first-order chi connectivity index (χ1) is 8.66. The summed E-state index contributed by atoms with van der Waals surface area (Å²) in [4.78, 5) is 37.5. The van der Waals surface area contributed by atoms with E-state index >= 15 is 0 Å². The molecule has 1 fully saturated rings. The van der Waals surface area contributed by atoms with E-state index in [2.05, 4.69) is 20.9 Å². The molecule has 1 aliphatic heterocycles. The van der Waals surface area contributed by atoms with Crippen LogP contribution in [0.5, 0.6) is 0 Å². The van der Waals surface area contributed by atoms with Gasteiger partial charge in [-0.05, 0) is 18.6 Å². The van der Waals surface area contributed by atoms with Crippen molar-refractivity contribution in [2.75, 3.05) is 6.54 Å². The van der Waals surface area contributed by atoms with E-state index in [1.54, 1.807) is 12.1 Å². The number of rotatable bonds is 4. The van der Waals surface area contributed by atoms with Gasteiger partial charge in [0.2, 0.25) is 0 Å². The minimum Gasteiger partial charge on any atom is -0.352 e. The number of urea groups is 1. The number of pyridine rings is 1. The van der Waals surface area contributed by atoms with E-state index in [4.69, 9.17) is 0 Å². The van der Waals surface area contributed by atoms with Crippen molar-refractivity contribution in [3.8, 4) is 0 Å². The first-order valence-electron chi connectivity index (χ1n) is 5.46. The molecule has 0 saturated carbocycles. The van der Waals surface area contributed by atoms with Crippen LogP contribution in [0.4, 0.5) is 4.79 Å². The Kier molecular flexibility index (Phi) is 3.52. The summed E-state index contributed by atoms with van der Waals surface area (Å²) in [5.74, 6) is -0.597. The fraction of sp³-hybridized carbons (Fsp3) is 0.273. The first-order valence-corrected chi connectivity index (χ1v) is 5.46. The SMILES string of the molecule is O=C1NC(=O)C(CCNC(=O)c2ccncc2)N1. The maximum atomic E-state index is 11.6. The van der Waals surface area contributed by atoms with Gasteiger partial charge in [-0.2, -0.15) is 0 Å². The van der Waals surface area contributed by atoms with E-state index in [9.17, 15) is 14.4 Å². The Morgan fingerprint density at radius 1 is 1.33 bits per heavy atom. The van der Waals surface area contributed by atoms with Gasteiger partial charge in [0, 0.05) is 24.5 Å². The molecule has 3 N–H and O–H groups in total. The molecule has 2 heterocycles. The molecule has 1 atom stereocenters. The molecule has 1 aromatic rings. The van der Waals surface area contributed by atoms with E-state index in [0.29, 0.717) is 18.5 Å². The van der Waals surface area contributed by atoms with Crippen LogP contribution in [0.25, 0.3) is 0 Å². The van der Waals surface area contributed by atoms with E-state index < -0.39 is 12.1 Å². The van der Waals surface area contributed by atoms with Gasteiger partial charge in [0.15, 0.2) is 0 Å². The number of nitrogens with zero attached hydrogens (tertiary/aromatic N) is 1. The molecule has 94 valence electrons. The third kappa shape index (κ3) is 2.82. The molecule has 1 aromatic heterocycles. The number of amides is 4. The van der Waals surface area contributed by atoms with Crippen molar-refractivity contribution in [2.24, 2.45) is 0 Å². The molecule has 0 aromatic carbocycles. The van der Waals surface area contributed by atoms with Gasteiger partial charge in [-0.3, -0.25) is 19.9 Å². The number of aromatic nitrogens is 1. The van der Waals surface area contributed by atoms with Gasteiger partial charge in [0.1, 0.15) is 6.04 Å². The normalized spacial score (nSPS) is 18.1. The lowest BCUT2D eigenvalue weighted by Gasteiger charge is -2.08. The lowest BCUT2D eigenvalue weighted by atomic mass is 10.2. The Morgan fingerprint density at radius 3 is 2.67 bits per heavy atom. The molecule has 0 aliphatic carbocycles. The lowest BCUT2D eigenvalue weighted by molar-refractivity contribution is -0.120. The highest BCUT2D eigenvalue weighted by Gasteiger charge is 2.28. The molecule has 4 amide bonds. The van der Waals surface area contributed by atoms with E-state index in [-0.39, 0.29) is 11.8 Å². The minimum atomic E-state index is -0.574. The largest absolute Gasteiger partial charge is 0.352 e. The second-order valence-electron chi connectivity index (χ2n) is 3.80. The molecule has 1 saturated heterocycles. The van der Waals surface area contributed by atoms with Crippen LogP contribution in [0.2, 0.25) is 0 Å². The standard InChI is InChI=1S/C11H12N4O3/c16-9(7-1-4-12-5-2-7)13-6-3-8-10(17)15-11(18)14-8/h1-2,4-5,8H,3,6H2,(H,13,16)(H2,14,15,17,18). The molecule has 1 aliphatic rings. The number of imide groups is 1. The zero-order valence-electron chi connectivity index (χ0n) is 9.47. The summed E-state index contributed by atoms with van der Waals surface area (Å²) in [5, 5.41) is 7.25. The van der Waals surface area contributed by atoms with Crippen LogP contribution < -0.4 is 16.0 Å². The highest BCUT2D eigenvalue weighted by molar-refractivity contribution is 6.04. The minimum absolute atomic E-state index is 0.234. The second kappa shape index (κ2) is 5.26. The van der Waals surface area contributed by atoms with E-state index in [0.717, 1.165) is 0 Å². The topological polar surface area (TPSA) is 100 Å². The Bertz CT molecular complexity index is 474. The van der Waals surface area contributed by atoms with Crippen LogP contribution in [0.1, 0.15) is 16.8 Å². The van der Waals surface area contributed by atoms with E-state index in [1.165, 1.54) is 12.4 Å². The van der Waals surface area contributed by atoms with Crippen molar-refractivity contribution >= 4 is 17.8 Å². The molecule has 7 heteroatoms. The third-order valence-corrected chi connectivity index (χ3v) is 2.52. The van der Waals surface area contributed by atoms with Crippen LogP contribution in [-0.2, 0) is 4.79 Å². The fourth-order valence-corrected chi connectivity index (χ4v) is 1.60. The molecule has 0 spiro atoms. The van der Waals surface area contributed by atoms with Crippen molar-refractivity contribution < 1.29 is 14.4 Å². The molecular formula is C11H12N4O3. The fourth-order valence-electron chi connectivity index (χ4n) is 1.60. The van der Waals surface area contributed by atoms with Crippen LogP contribution in [0.15, 0.2) is 24.5 Å². The molecule has 0 radical (unpaired) electrons. The van der Waals surface area contributed by atoms with Gasteiger partial charge in [0.05, 0.1) is 0 Å². The Morgan fingerprint density at radius 2 is 2.06 bits per heavy atom. The summed E-state index contributed by atoms with van der Waals surface area (Å²) in [6, 6.07) is 2.12. The maximum absolute atomic E-state index is 11.6. The predicted octanol–water partition coefficient (Wildman–Crippen LogP) is -0.591. The number of carbonyl (C=O) groups excluding carboxylic acids is 3. The highest BCUT2D eigenvalue weighted by Crippen LogP contribution is 1.99. The monoisotopic (exact) mass is 248 g/mol. The highest BCUT2D eigenvalue weighted by atomic mass is 16.2. The molecule has 18 heavy (non-hydrogen) atoms. The van der Waals surface area contributed by atoms with E-state index in [1.807, 2.05) is 0 Å². The second-order valence-corrected chi connectivity index (χ2v) is 3.80. The van der Waals surface area contributed by atoms with Crippen molar-refractivity contribution in [1.29, 1.82) is 0 Å². The summed E-state index contributed by atoms with van der Waals surface area (Å²) >= 11 is 0. The third-order valence-electron chi connectivity index (χ3n) is 2.52. The van der Waals surface area contributed by atoms with Crippen LogP contribution in [0.3, 0.4) is 0 Å². The average molecular weight is 248 g/mol. The van der Waals surface area contributed by atoms with Crippen LogP contribution in [0, 0.1) is 0 Å². The summed E-state index contributed by atoms with van der Waals surface area (Å²) in [6.45, 7) is 0.305. The number of carbonyl (C=O) groups is 3. The summed E-state index contributed by atoms with van der Waals surface area (Å²) in [7, 11) is 0. The number of hydrogen-bond donors (Lipinski definition) is 3. The van der Waals surface area contributed by atoms with Crippen LogP contribution >= 0.6 is 0 Å². The quantitative estimate of drug-likeness (QED) is 0.620. The Hall–Kier alpha value is -2.44. The first kappa shape index (κ1) is 12.0. The van der Waals surface area contributed by atoms with Gasteiger partial charge in [-0.25, -0.2) is 4.79 Å². The van der Waals surface area contributed by atoms with Gasteiger partial charge in [0.25, 0.3) is 11.8 Å². The predicted molar refractivity (Wildman–Crippen MR) is 61.6 cm³/mol. The number of nitrogens with one attached hydrogen (secondary N) is 3. The lowest BCUT2D eigenvalue weighted by Crippen LogP contribution is -2.34. The average Bonchev–Trinajstić information content (AvgIpc) is 2.69.